The first-order chi connectivity index (χ1) is 9.60. The lowest BCUT2D eigenvalue weighted by Crippen LogP contribution is -2.29. The molecule has 0 fully saturated rings. The Bertz CT molecular complexity index is 575. The first kappa shape index (κ1) is 14.4. The van der Waals surface area contributed by atoms with Crippen LogP contribution >= 0.6 is 0 Å². The predicted molar refractivity (Wildman–Crippen MR) is 75.6 cm³/mol. The predicted octanol–water partition coefficient (Wildman–Crippen LogP) is 2.56. The van der Waals surface area contributed by atoms with Gasteiger partial charge in [-0.2, -0.15) is 0 Å². The number of pyridine rings is 1. The van der Waals surface area contributed by atoms with E-state index in [9.17, 15) is 4.39 Å². The van der Waals surface area contributed by atoms with Crippen molar-refractivity contribution in [3.05, 3.63) is 59.7 Å². The smallest absolute Gasteiger partial charge is 0.138 e. The van der Waals surface area contributed by atoms with Gasteiger partial charge < -0.3 is 4.74 Å². The molecule has 0 saturated carbocycles. The topological polar surface area (TPSA) is 60.2 Å². The van der Waals surface area contributed by atoms with Crippen LogP contribution in [-0.4, -0.2) is 11.1 Å². The highest BCUT2D eigenvalue weighted by Gasteiger charge is 2.14. The van der Waals surface area contributed by atoms with Crippen molar-refractivity contribution in [2.24, 2.45) is 5.84 Å². The fourth-order valence-corrected chi connectivity index (χ4v) is 2.00. The lowest BCUT2D eigenvalue weighted by Gasteiger charge is -2.18. The summed E-state index contributed by atoms with van der Waals surface area (Å²) in [6, 6.07) is 7.81. The molecule has 1 aromatic carbocycles. The Morgan fingerprint density at radius 1 is 1.20 bits per heavy atom. The maximum absolute atomic E-state index is 13.3. The lowest BCUT2D eigenvalue weighted by atomic mass is 10.0. The van der Waals surface area contributed by atoms with Gasteiger partial charge in [-0.05, 0) is 43.2 Å². The Balaban J connectivity index is 2.32. The van der Waals surface area contributed by atoms with E-state index in [1.165, 1.54) is 12.1 Å². The Morgan fingerprint density at radius 2 is 2.00 bits per heavy atom. The van der Waals surface area contributed by atoms with Crippen molar-refractivity contribution in [1.82, 2.24) is 10.4 Å². The third-order valence-corrected chi connectivity index (χ3v) is 2.79. The van der Waals surface area contributed by atoms with Gasteiger partial charge in [-0.3, -0.25) is 10.8 Å². The van der Waals surface area contributed by atoms with Crippen molar-refractivity contribution < 1.29 is 9.13 Å². The van der Waals surface area contributed by atoms with Crippen LogP contribution in [0.1, 0.15) is 31.0 Å². The molecule has 0 spiro atoms. The maximum Gasteiger partial charge on any atom is 0.138 e. The van der Waals surface area contributed by atoms with E-state index in [4.69, 9.17) is 10.6 Å². The molecular formula is C15H18FN3O. The number of hydrazine groups is 1. The summed E-state index contributed by atoms with van der Waals surface area (Å²) < 4.78 is 18.9. The first-order valence-corrected chi connectivity index (χ1v) is 6.43. The van der Waals surface area contributed by atoms with Gasteiger partial charge in [0.15, 0.2) is 0 Å². The summed E-state index contributed by atoms with van der Waals surface area (Å²) in [6.07, 6.45) is 3.39. The molecule has 0 radical (unpaired) electrons. The van der Waals surface area contributed by atoms with Crippen LogP contribution in [-0.2, 0) is 0 Å². The second kappa shape index (κ2) is 6.45. The lowest BCUT2D eigenvalue weighted by molar-refractivity contribution is 0.241. The van der Waals surface area contributed by atoms with Gasteiger partial charge in [0, 0.05) is 6.20 Å². The van der Waals surface area contributed by atoms with Crippen LogP contribution in [0.2, 0.25) is 0 Å². The number of aromatic nitrogens is 1. The zero-order valence-electron chi connectivity index (χ0n) is 11.5. The summed E-state index contributed by atoms with van der Waals surface area (Å²) in [6.45, 7) is 3.88. The fourth-order valence-electron chi connectivity index (χ4n) is 2.00. The van der Waals surface area contributed by atoms with Gasteiger partial charge in [0.1, 0.15) is 11.6 Å². The van der Waals surface area contributed by atoms with Crippen molar-refractivity contribution in [2.75, 3.05) is 0 Å². The molecule has 3 N–H and O–H groups in total. The molecule has 0 aliphatic carbocycles. The number of nitrogens with two attached hydrogens (primary N) is 1. The first-order valence-electron chi connectivity index (χ1n) is 6.43. The van der Waals surface area contributed by atoms with Gasteiger partial charge in [-0.15, -0.1) is 0 Å². The highest BCUT2D eigenvalue weighted by molar-refractivity contribution is 5.34. The van der Waals surface area contributed by atoms with Crippen molar-refractivity contribution in [3.63, 3.8) is 0 Å². The van der Waals surface area contributed by atoms with E-state index in [-0.39, 0.29) is 18.0 Å². The van der Waals surface area contributed by atoms with Crippen LogP contribution in [0.4, 0.5) is 4.39 Å². The second-order valence-electron chi connectivity index (χ2n) is 4.78. The molecule has 1 heterocycles. The van der Waals surface area contributed by atoms with Crippen LogP contribution in [0.15, 0.2) is 42.7 Å². The standard InChI is InChI=1S/C15H18FN3O/c1-10(2)20-14-7-12(8-18-9-14)15(19-17)11-4-3-5-13(16)6-11/h3-10,15,19H,17H2,1-2H3. The minimum atomic E-state index is -0.339. The zero-order chi connectivity index (χ0) is 14.5. The Kier molecular flexibility index (Phi) is 4.65. The van der Waals surface area contributed by atoms with Gasteiger partial charge in [-0.25, -0.2) is 9.82 Å². The summed E-state index contributed by atoms with van der Waals surface area (Å²) in [5.41, 5.74) is 4.23. The highest BCUT2D eigenvalue weighted by Crippen LogP contribution is 2.24. The third kappa shape index (κ3) is 3.53. The van der Waals surface area contributed by atoms with Crippen LogP contribution in [0.5, 0.6) is 5.75 Å². The van der Waals surface area contributed by atoms with Gasteiger partial charge in [-0.1, -0.05) is 12.1 Å². The molecule has 0 bridgehead atoms. The molecule has 5 heteroatoms. The average molecular weight is 275 g/mol. The van der Waals surface area contributed by atoms with E-state index < -0.39 is 0 Å². The number of benzene rings is 1. The van der Waals surface area contributed by atoms with Crippen molar-refractivity contribution >= 4 is 0 Å². The zero-order valence-corrected chi connectivity index (χ0v) is 11.5. The number of hydrogen-bond acceptors (Lipinski definition) is 4. The molecular weight excluding hydrogens is 257 g/mol. The molecule has 2 rings (SSSR count). The number of nitrogens with zero attached hydrogens (tertiary/aromatic N) is 1. The van der Waals surface area contributed by atoms with E-state index in [2.05, 4.69) is 10.4 Å². The molecule has 0 aliphatic rings. The van der Waals surface area contributed by atoms with Crippen LogP contribution in [0, 0.1) is 5.82 Å². The summed E-state index contributed by atoms with van der Waals surface area (Å²) in [4.78, 5) is 4.14. The summed E-state index contributed by atoms with van der Waals surface area (Å²) in [5.74, 6) is 5.96. The van der Waals surface area contributed by atoms with Gasteiger partial charge in [0.25, 0.3) is 0 Å². The van der Waals surface area contributed by atoms with E-state index in [1.54, 1.807) is 18.5 Å². The van der Waals surface area contributed by atoms with E-state index in [0.29, 0.717) is 5.75 Å². The summed E-state index contributed by atoms with van der Waals surface area (Å²) >= 11 is 0. The van der Waals surface area contributed by atoms with Gasteiger partial charge in [0.2, 0.25) is 0 Å². The molecule has 106 valence electrons. The van der Waals surface area contributed by atoms with Gasteiger partial charge >= 0.3 is 0 Å². The van der Waals surface area contributed by atoms with Crippen LogP contribution < -0.4 is 16.0 Å². The van der Waals surface area contributed by atoms with Crippen molar-refractivity contribution in [3.8, 4) is 5.75 Å². The quantitative estimate of drug-likeness (QED) is 0.650. The SMILES string of the molecule is CC(C)Oc1cncc(C(NN)c2cccc(F)c2)c1. The molecule has 20 heavy (non-hydrogen) atoms. The molecule has 1 atom stereocenters. The highest BCUT2D eigenvalue weighted by atomic mass is 19.1. The third-order valence-electron chi connectivity index (χ3n) is 2.79. The van der Waals surface area contributed by atoms with Gasteiger partial charge in [0.05, 0.1) is 18.3 Å². The van der Waals surface area contributed by atoms with Crippen molar-refractivity contribution in [1.29, 1.82) is 0 Å². The number of halogens is 1. The van der Waals surface area contributed by atoms with Crippen LogP contribution in [0.25, 0.3) is 0 Å². The molecule has 1 aromatic heterocycles. The Labute approximate surface area is 117 Å². The average Bonchev–Trinajstić information content (AvgIpc) is 2.39. The number of hydrogen-bond donors (Lipinski definition) is 2. The molecule has 2 aromatic rings. The molecule has 0 aliphatic heterocycles. The molecule has 4 nitrogen and oxygen atoms in total. The summed E-state index contributed by atoms with van der Waals surface area (Å²) in [7, 11) is 0. The largest absolute Gasteiger partial charge is 0.489 e. The molecule has 1 unspecified atom stereocenters. The monoisotopic (exact) mass is 275 g/mol. The fraction of sp³-hybridized carbons (Fsp3) is 0.267. The van der Waals surface area contributed by atoms with Crippen molar-refractivity contribution in [2.45, 2.75) is 26.0 Å². The Morgan fingerprint density at radius 3 is 2.65 bits per heavy atom. The molecule has 0 amide bonds. The normalized spacial score (nSPS) is 12.4. The number of ether oxygens (including phenoxy) is 1. The van der Waals surface area contributed by atoms with Crippen LogP contribution in [0.3, 0.4) is 0 Å². The maximum atomic E-state index is 13.3. The number of nitrogens with one attached hydrogen (secondary N) is 1. The minimum absolute atomic E-state index is 0.0607. The number of rotatable bonds is 5. The van der Waals surface area contributed by atoms with E-state index in [0.717, 1.165) is 11.1 Å². The minimum Gasteiger partial charge on any atom is -0.489 e. The molecule has 0 saturated heterocycles. The van der Waals surface area contributed by atoms with E-state index in [1.807, 2.05) is 26.0 Å². The Hall–Kier alpha value is -1.98. The summed E-state index contributed by atoms with van der Waals surface area (Å²) in [5, 5.41) is 0. The second-order valence-corrected chi connectivity index (χ2v) is 4.78. The van der Waals surface area contributed by atoms with E-state index >= 15 is 0 Å².